The minimum absolute atomic E-state index is 0.0236. The van der Waals surface area contributed by atoms with Crippen LogP contribution in [0.2, 0.25) is 0 Å². The molecule has 0 aliphatic carbocycles. The largest absolute Gasteiger partial charge is 0.367 e. The van der Waals surface area contributed by atoms with Gasteiger partial charge in [0.25, 0.3) is 0 Å². The molecule has 0 N–H and O–H groups in total. The summed E-state index contributed by atoms with van der Waals surface area (Å²) in [6.07, 6.45) is 4.50. The van der Waals surface area contributed by atoms with E-state index >= 15 is 0 Å². The van der Waals surface area contributed by atoms with Crippen molar-refractivity contribution in [3.63, 3.8) is 0 Å². The monoisotopic (exact) mass is 440 g/mol. The van der Waals surface area contributed by atoms with Crippen LogP contribution in [0.4, 0.5) is 0 Å². The van der Waals surface area contributed by atoms with Gasteiger partial charge in [0, 0.05) is 38.3 Å². The van der Waals surface area contributed by atoms with Gasteiger partial charge in [0.2, 0.25) is 0 Å². The first kappa shape index (κ1) is 23.4. The molecule has 172 valence electrons. The first-order valence-corrected chi connectivity index (χ1v) is 12.1. The van der Waals surface area contributed by atoms with Crippen LogP contribution in [0.3, 0.4) is 0 Å². The summed E-state index contributed by atoms with van der Waals surface area (Å²) in [5.74, 6) is 0. The lowest BCUT2D eigenvalue weighted by Gasteiger charge is -2.44. The Kier molecular flexibility index (Phi) is 8.48. The SMILES string of the molecule is C[C@@H]1CN(CCOC(c2ccccc2)c2ccccc2)[C@@H](C)CN1C/C=C/c1ccccc1. The Morgan fingerprint density at radius 1 is 0.758 bits per heavy atom. The molecule has 3 aromatic rings. The Morgan fingerprint density at radius 2 is 1.27 bits per heavy atom. The zero-order chi connectivity index (χ0) is 22.9. The molecule has 0 aromatic heterocycles. The quantitative estimate of drug-likeness (QED) is 0.412. The summed E-state index contributed by atoms with van der Waals surface area (Å²) in [6, 6.07) is 32.7. The lowest BCUT2D eigenvalue weighted by atomic mass is 10.0. The van der Waals surface area contributed by atoms with E-state index in [1.165, 1.54) is 16.7 Å². The number of hydrogen-bond acceptors (Lipinski definition) is 3. The highest BCUT2D eigenvalue weighted by Gasteiger charge is 2.28. The highest BCUT2D eigenvalue weighted by atomic mass is 16.5. The van der Waals surface area contributed by atoms with E-state index in [1.807, 2.05) is 0 Å². The fourth-order valence-corrected chi connectivity index (χ4v) is 4.65. The van der Waals surface area contributed by atoms with Gasteiger partial charge < -0.3 is 4.74 Å². The predicted octanol–water partition coefficient (Wildman–Crippen LogP) is 5.90. The van der Waals surface area contributed by atoms with E-state index in [0.29, 0.717) is 12.1 Å². The Balaban J connectivity index is 1.30. The Bertz CT molecular complexity index is 934. The van der Waals surface area contributed by atoms with E-state index in [1.54, 1.807) is 0 Å². The van der Waals surface area contributed by atoms with Crippen molar-refractivity contribution in [2.24, 2.45) is 0 Å². The Morgan fingerprint density at radius 3 is 1.88 bits per heavy atom. The van der Waals surface area contributed by atoms with Crippen LogP contribution in [0.1, 0.15) is 36.6 Å². The van der Waals surface area contributed by atoms with Crippen molar-refractivity contribution in [2.45, 2.75) is 32.0 Å². The maximum atomic E-state index is 6.47. The van der Waals surface area contributed by atoms with E-state index in [-0.39, 0.29) is 6.10 Å². The van der Waals surface area contributed by atoms with Crippen LogP contribution in [0.5, 0.6) is 0 Å². The first-order chi connectivity index (χ1) is 16.2. The van der Waals surface area contributed by atoms with Crippen LogP contribution >= 0.6 is 0 Å². The molecule has 0 radical (unpaired) electrons. The second kappa shape index (κ2) is 11.9. The standard InChI is InChI=1S/C30H36N2O/c1-25-24-32(26(2)23-31(25)20-12-15-27-13-6-3-7-14-27)21-22-33-30(28-16-8-4-9-17-28)29-18-10-5-11-19-29/h3-19,25-26,30H,20-24H2,1-2H3/b15-12+/t25-,26+/m1/s1. The van der Waals surface area contributed by atoms with Crippen LogP contribution < -0.4 is 0 Å². The molecule has 0 unspecified atom stereocenters. The molecule has 3 nitrogen and oxygen atoms in total. The van der Waals surface area contributed by atoms with Crippen molar-refractivity contribution < 1.29 is 4.74 Å². The van der Waals surface area contributed by atoms with Gasteiger partial charge in [-0.1, -0.05) is 103 Å². The summed E-state index contributed by atoms with van der Waals surface area (Å²) in [6.45, 7) is 9.51. The molecular weight excluding hydrogens is 404 g/mol. The molecule has 1 aliphatic heterocycles. The lowest BCUT2D eigenvalue weighted by Crippen LogP contribution is -2.56. The smallest absolute Gasteiger partial charge is 0.108 e. The van der Waals surface area contributed by atoms with Crippen LogP contribution in [-0.4, -0.2) is 54.7 Å². The average molecular weight is 441 g/mol. The number of hydrogen-bond donors (Lipinski definition) is 0. The summed E-state index contributed by atoms with van der Waals surface area (Å²) >= 11 is 0. The average Bonchev–Trinajstić information content (AvgIpc) is 2.86. The second-order valence-electron chi connectivity index (χ2n) is 9.03. The van der Waals surface area contributed by atoms with Crippen molar-refractivity contribution in [2.75, 3.05) is 32.8 Å². The molecule has 3 heteroatoms. The molecule has 1 fully saturated rings. The van der Waals surface area contributed by atoms with E-state index in [4.69, 9.17) is 4.74 Å². The normalized spacial score (nSPS) is 20.0. The highest BCUT2D eigenvalue weighted by molar-refractivity contribution is 5.48. The maximum Gasteiger partial charge on any atom is 0.108 e. The minimum Gasteiger partial charge on any atom is -0.367 e. The van der Waals surface area contributed by atoms with Crippen LogP contribution in [0.15, 0.2) is 97.1 Å². The Hall–Kier alpha value is -2.72. The van der Waals surface area contributed by atoms with Gasteiger partial charge in [0.1, 0.15) is 6.10 Å². The molecule has 1 heterocycles. The minimum atomic E-state index is -0.0236. The summed E-state index contributed by atoms with van der Waals surface area (Å²) in [5, 5.41) is 0. The third-order valence-corrected chi connectivity index (χ3v) is 6.56. The van der Waals surface area contributed by atoms with Gasteiger partial charge in [0.05, 0.1) is 6.61 Å². The Labute approximate surface area is 199 Å². The predicted molar refractivity (Wildman–Crippen MR) is 138 cm³/mol. The topological polar surface area (TPSA) is 15.7 Å². The molecule has 33 heavy (non-hydrogen) atoms. The van der Waals surface area contributed by atoms with Crippen molar-refractivity contribution in [3.8, 4) is 0 Å². The molecule has 1 saturated heterocycles. The second-order valence-corrected chi connectivity index (χ2v) is 9.03. The van der Waals surface area contributed by atoms with E-state index in [2.05, 4.69) is 127 Å². The van der Waals surface area contributed by atoms with Crippen LogP contribution in [0.25, 0.3) is 6.08 Å². The zero-order valence-electron chi connectivity index (χ0n) is 19.9. The molecule has 0 amide bonds. The fourth-order valence-electron chi connectivity index (χ4n) is 4.65. The zero-order valence-corrected chi connectivity index (χ0v) is 19.9. The van der Waals surface area contributed by atoms with Gasteiger partial charge in [-0.15, -0.1) is 0 Å². The number of piperazine rings is 1. The maximum absolute atomic E-state index is 6.47. The van der Waals surface area contributed by atoms with Gasteiger partial charge >= 0.3 is 0 Å². The van der Waals surface area contributed by atoms with E-state index in [9.17, 15) is 0 Å². The molecule has 0 spiro atoms. The van der Waals surface area contributed by atoms with Gasteiger partial charge in [0.15, 0.2) is 0 Å². The molecule has 4 rings (SSSR count). The third-order valence-electron chi connectivity index (χ3n) is 6.56. The van der Waals surface area contributed by atoms with Gasteiger partial charge in [-0.3, -0.25) is 9.80 Å². The highest BCUT2D eigenvalue weighted by Crippen LogP contribution is 2.26. The van der Waals surface area contributed by atoms with E-state index in [0.717, 1.165) is 32.8 Å². The molecule has 0 saturated carbocycles. The molecule has 3 aromatic carbocycles. The number of ether oxygens (including phenoxy) is 1. The van der Waals surface area contributed by atoms with Crippen molar-refractivity contribution in [1.82, 2.24) is 9.80 Å². The van der Waals surface area contributed by atoms with E-state index < -0.39 is 0 Å². The number of benzene rings is 3. The van der Waals surface area contributed by atoms with Crippen LogP contribution in [-0.2, 0) is 4.74 Å². The summed E-state index contributed by atoms with van der Waals surface area (Å²) in [7, 11) is 0. The van der Waals surface area contributed by atoms with Crippen molar-refractivity contribution in [1.29, 1.82) is 0 Å². The third kappa shape index (κ3) is 6.64. The van der Waals surface area contributed by atoms with Crippen molar-refractivity contribution >= 4 is 6.08 Å². The van der Waals surface area contributed by atoms with Gasteiger partial charge in [-0.2, -0.15) is 0 Å². The number of nitrogens with zero attached hydrogens (tertiary/aromatic N) is 2. The summed E-state index contributed by atoms with van der Waals surface area (Å²) < 4.78 is 6.47. The fraction of sp³-hybridized carbons (Fsp3) is 0.333. The summed E-state index contributed by atoms with van der Waals surface area (Å²) in [5.41, 5.74) is 3.68. The lowest BCUT2D eigenvalue weighted by molar-refractivity contribution is 0.0106. The molecule has 0 bridgehead atoms. The van der Waals surface area contributed by atoms with Gasteiger partial charge in [-0.25, -0.2) is 0 Å². The van der Waals surface area contributed by atoms with Crippen LogP contribution in [0, 0.1) is 0 Å². The molecular formula is C30H36N2O. The molecule has 2 atom stereocenters. The first-order valence-electron chi connectivity index (χ1n) is 12.1. The molecule has 1 aliphatic rings. The summed E-state index contributed by atoms with van der Waals surface area (Å²) in [4.78, 5) is 5.16. The van der Waals surface area contributed by atoms with Gasteiger partial charge in [-0.05, 0) is 30.5 Å². The number of rotatable bonds is 9. The van der Waals surface area contributed by atoms with Crippen molar-refractivity contribution in [3.05, 3.63) is 114 Å².